The van der Waals surface area contributed by atoms with E-state index in [2.05, 4.69) is 22.3 Å². The van der Waals surface area contributed by atoms with Gasteiger partial charge in [-0.1, -0.05) is 6.92 Å². The molecule has 0 heterocycles. The van der Waals surface area contributed by atoms with Gasteiger partial charge in [0.05, 0.1) is 13.2 Å². The smallest absolute Gasteiger partial charge is 0.333 e. The summed E-state index contributed by atoms with van der Waals surface area (Å²) in [7, 11) is -2.36. The van der Waals surface area contributed by atoms with E-state index in [1.807, 2.05) is 6.07 Å². The molecule has 9 nitrogen and oxygen atoms in total. The third-order valence-electron chi connectivity index (χ3n) is 7.36. The lowest BCUT2D eigenvalue weighted by Gasteiger charge is -2.50. The highest BCUT2D eigenvalue weighted by Crippen LogP contribution is 2.62. The van der Waals surface area contributed by atoms with Crippen molar-refractivity contribution in [2.24, 2.45) is 28.3 Å². The van der Waals surface area contributed by atoms with Crippen molar-refractivity contribution in [2.75, 3.05) is 7.11 Å². The fourth-order valence-electron chi connectivity index (χ4n) is 6.14. The summed E-state index contributed by atoms with van der Waals surface area (Å²) in [5.74, 6) is 7.30. The topological polar surface area (TPSA) is 132 Å². The first-order chi connectivity index (χ1) is 14.3. The van der Waals surface area contributed by atoms with Gasteiger partial charge in [-0.3, -0.25) is 4.18 Å². The van der Waals surface area contributed by atoms with E-state index in [0.29, 0.717) is 41.6 Å². The largest absolute Gasteiger partial charge is 0.493 e. The molecule has 0 spiro atoms. The summed E-state index contributed by atoms with van der Waals surface area (Å²) in [4.78, 5) is 4.05. The van der Waals surface area contributed by atoms with Crippen molar-refractivity contribution in [2.45, 2.75) is 57.5 Å². The summed E-state index contributed by atoms with van der Waals surface area (Å²) in [6.45, 7) is 2.17. The highest BCUT2D eigenvalue weighted by Gasteiger charge is 2.56. The minimum absolute atomic E-state index is 0.172. The molecule has 168 valence electrons. The molecule has 0 bridgehead atoms. The number of hydrogen-bond acceptors (Lipinski definition) is 9. The van der Waals surface area contributed by atoms with Gasteiger partial charge < -0.3 is 8.92 Å². The van der Waals surface area contributed by atoms with E-state index in [9.17, 15) is 8.42 Å². The van der Waals surface area contributed by atoms with Gasteiger partial charge in [0.1, 0.15) is 0 Å². The van der Waals surface area contributed by atoms with E-state index in [-0.39, 0.29) is 11.5 Å². The molecular weight excluding hydrogens is 432 g/mol. The molecule has 2 fully saturated rings. The molecule has 0 saturated heterocycles. The number of ether oxygens (including phenoxy) is 1. The normalized spacial score (nSPS) is 32.8. The number of hydrogen-bond donors (Lipinski definition) is 2. The van der Waals surface area contributed by atoms with Gasteiger partial charge in [0.25, 0.3) is 12.3 Å². The fourth-order valence-corrected chi connectivity index (χ4v) is 7.04. The molecule has 0 aromatic heterocycles. The Balaban J connectivity index is 1.58. The summed E-state index contributed by atoms with van der Waals surface area (Å²) in [6, 6.07) is 4.05. The maximum absolute atomic E-state index is 11.6. The first-order valence-corrected chi connectivity index (χ1v) is 12.2. The standard InChI is InChI=1S/C19H28N2O7S2/c1-19-8-7-12-13(15(19)5-6-18(19)26-30(21,22)23)4-3-11-9-17(25-29-28-27-20)16(24-2)10-14(11)12/h9-10,12-13,15,18H,3-8,20H2,1-2H3,(H2,21,22,23)/t12?,13?,15?,18-,19-/m0/s1. The first-order valence-electron chi connectivity index (χ1n) is 10.1. The summed E-state index contributed by atoms with van der Waals surface area (Å²) < 4.78 is 44.0. The Hall–Kier alpha value is -1.08. The number of nitrogens with two attached hydrogens (primary N) is 2. The molecule has 11 heteroatoms. The molecule has 4 N–H and O–H groups in total. The van der Waals surface area contributed by atoms with Crippen molar-refractivity contribution in [1.82, 2.24) is 0 Å². The van der Waals surface area contributed by atoms with Gasteiger partial charge >= 0.3 is 10.3 Å². The number of aryl methyl sites for hydroxylation is 1. The number of benzene rings is 1. The highest BCUT2D eigenvalue weighted by atomic mass is 32.2. The van der Waals surface area contributed by atoms with Crippen molar-refractivity contribution in [3.8, 4) is 11.5 Å². The molecule has 3 aliphatic carbocycles. The van der Waals surface area contributed by atoms with Gasteiger partial charge in [0, 0.05) is 0 Å². The van der Waals surface area contributed by atoms with Crippen molar-refractivity contribution in [1.29, 1.82) is 0 Å². The second-order valence-electron chi connectivity index (χ2n) is 8.63. The lowest BCUT2D eigenvalue weighted by molar-refractivity contribution is -0.199. The Morgan fingerprint density at radius 3 is 2.67 bits per heavy atom. The number of rotatable bonds is 7. The molecule has 0 amide bonds. The van der Waals surface area contributed by atoms with Crippen LogP contribution in [0.15, 0.2) is 12.1 Å². The van der Waals surface area contributed by atoms with Gasteiger partial charge in [-0.05, 0) is 85.0 Å². The third kappa shape index (κ3) is 4.04. The Morgan fingerprint density at radius 2 is 1.97 bits per heavy atom. The minimum atomic E-state index is -3.96. The van der Waals surface area contributed by atoms with Gasteiger partial charge in [-0.2, -0.15) is 14.3 Å². The second-order valence-corrected chi connectivity index (χ2v) is 10.2. The van der Waals surface area contributed by atoms with Crippen molar-refractivity contribution in [3.05, 3.63) is 23.3 Å². The lowest BCUT2D eigenvalue weighted by Crippen LogP contribution is -2.45. The number of methoxy groups -OCH3 is 1. The van der Waals surface area contributed by atoms with E-state index in [1.54, 1.807) is 7.11 Å². The van der Waals surface area contributed by atoms with Crippen LogP contribution < -0.4 is 20.0 Å². The molecule has 3 aliphatic rings. The molecule has 2 saturated carbocycles. The molecule has 0 aliphatic heterocycles. The van der Waals surface area contributed by atoms with E-state index < -0.39 is 10.3 Å². The summed E-state index contributed by atoms with van der Waals surface area (Å²) in [6.07, 6.45) is 5.17. The van der Waals surface area contributed by atoms with E-state index >= 15 is 0 Å². The van der Waals surface area contributed by atoms with Crippen molar-refractivity contribution in [3.63, 3.8) is 0 Å². The summed E-state index contributed by atoms with van der Waals surface area (Å²) in [5.41, 5.74) is 2.35. The third-order valence-corrected chi connectivity index (χ3v) is 8.25. The molecular formula is C19H28N2O7S2. The zero-order valence-corrected chi connectivity index (χ0v) is 18.7. The first kappa shape index (κ1) is 22.1. The van der Waals surface area contributed by atoms with Gasteiger partial charge in [-0.25, -0.2) is 5.14 Å². The van der Waals surface area contributed by atoms with Crippen LogP contribution in [0.25, 0.3) is 0 Å². The van der Waals surface area contributed by atoms with Crippen LogP contribution in [-0.4, -0.2) is 21.6 Å². The van der Waals surface area contributed by atoms with Crippen LogP contribution in [0.3, 0.4) is 0 Å². The monoisotopic (exact) mass is 460 g/mol. The molecule has 1 aromatic carbocycles. The fraction of sp³-hybridized carbons (Fsp3) is 0.684. The van der Waals surface area contributed by atoms with Crippen LogP contribution >= 0.6 is 12.3 Å². The van der Waals surface area contributed by atoms with Crippen LogP contribution in [-0.2, 0) is 30.2 Å². The highest BCUT2D eigenvalue weighted by molar-refractivity contribution is 7.90. The van der Waals surface area contributed by atoms with Crippen LogP contribution in [0.1, 0.15) is 56.1 Å². The Labute approximate surface area is 181 Å². The molecule has 4 rings (SSSR count). The molecule has 30 heavy (non-hydrogen) atoms. The molecule has 3 unspecified atom stereocenters. The zero-order valence-electron chi connectivity index (χ0n) is 17.0. The Kier molecular flexibility index (Phi) is 6.24. The summed E-state index contributed by atoms with van der Waals surface area (Å²) in [5, 5.41) is 5.18. The van der Waals surface area contributed by atoms with Gasteiger partial charge in [-0.15, -0.1) is 9.32 Å². The quantitative estimate of drug-likeness (QED) is 0.273. The van der Waals surface area contributed by atoms with Crippen molar-refractivity contribution >= 4 is 22.6 Å². The predicted molar refractivity (Wildman–Crippen MR) is 110 cm³/mol. The van der Waals surface area contributed by atoms with Crippen LogP contribution in [0.5, 0.6) is 11.5 Å². The van der Waals surface area contributed by atoms with E-state index in [4.69, 9.17) is 24.1 Å². The maximum Gasteiger partial charge on any atom is 0.333 e. The minimum Gasteiger partial charge on any atom is -0.493 e. The Morgan fingerprint density at radius 1 is 1.17 bits per heavy atom. The van der Waals surface area contributed by atoms with Crippen molar-refractivity contribution < 1.29 is 30.8 Å². The average Bonchev–Trinajstić information content (AvgIpc) is 3.02. The average molecular weight is 461 g/mol. The molecule has 1 aromatic rings. The SMILES string of the molecule is COc1cc2c(cc1OSOON)CCC1C2CC[C@@]2(C)C1CC[C@@H]2OS(N)(=O)=O. The Bertz CT molecular complexity index is 897. The molecule has 5 atom stereocenters. The second kappa shape index (κ2) is 8.45. The van der Waals surface area contributed by atoms with E-state index in [1.165, 1.54) is 11.1 Å². The number of fused-ring (bicyclic) bond motifs is 5. The van der Waals surface area contributed by atoms with Gasteiger partial charge in [0.15, 0.2) is 11.5 Å². The molecule has 0 radical (unpaired) electrons. The summed E-state index contributed by atoms with van der Waals surface area (Å²) >= 11 is 0.626. The van der Waals surface area contributed by atoms with Crippen LogP contribution in [0.4, 0.5) is 0 Å². The van der Waals surface area contributed by atoms with E-state index in [0.717, 1.165) is 38.5 Å². The van der Waals surface area contributed by atoms with Gasteiger partial charge in [0.2, 0.25) is 0 Å². The predicted octanol–water partition coefficient (Wildman–Crippen LogP) is 2.90. The van der Waals surface area contributed by atoms with Crippen LogP contribution in [0, 0.1) is 17.3 Å². The zero-order chi connectivity index (χ0) is 21.5. The maximum atomic E-state index is 11.6. The lowest BCUT2D eigenvalue weighted by atomic mass is 9.55. The van der Waals surface area contributed by atoms with Crippen LogP contribution in [0.2, 0.25) is 0 Å².